The summed E-state index contributed by atoms with van der Waals surface area (Å²) in [5, 5.41) is 5.55. The number of methoxy groups -OCH3 is 1. The summed E-state index contributed by atoms with van der Waals surface area (Å²) in [6.07, 6.45) is 4.56. The topological polar surface area (TPSA) is 76.5 Å². The van der Waals surface area contributed by atoms with Crippen LogP contribution in [0.3, 0.4) is 0 Å². The Balaban J connectivity index is 1.36. The van der Waals surface area contributed by atoms with Gasteiger partial charge in [0.2, 0.25) is 5.91 Å². The van der Waals surface area contributed by atoms with Gasteiger partial charge >= 0.3 is 0 Å². The van der Waals surface area contributed by atoms with Crippen LogP contribution in [0.4, 0.5) is 0 Å². The summed E-state index contributed by atoms with van der Waals surface area (Å²) >= 11 is 0. The first-order valence-corrected chi connectivity index (χ1v) is 15.6. The van der Waals surface area contributed by atoms with Crippen molar-refractivity contribution in [3.63, 3.8) is 0 Å². The molecule has 2 amide bonds. The highest BCUT2D eigenvalue weighted by atomic mass is 16.5. The van der Waals surface area contributed by atoms with Crippen LogP contribution in [-0.2, 0) is 24.3 Å². The molecule has 0 spiro atoms. The van der Waals surface area contributed by atoms with Gasteiger partial charge in [-0.15, -0.1) is 0 Å². The molecule has 0 saturated heterocycles. The largest absolute Gasteiger partial charge is 0.497 e. The van der Waals surface area contributed by atoms with Gasteiger partial charge in [-0.2, -0.15) is 0 Å². The number of hydrogen-bond acceptors (Lipinski definition) is 4. The minimum Gasteiger partial charge on any atom is -0.497 e. The van der Waals surface area contributed by atoms with Crippen LogP contribution in [0.25, 0.3) is 10.8 Å². The summed E-state index contributed by atoms with van der Waals surface area (Å²) in [7, 11) is 1.65. The van der Waals surface area contributed by atoms with Crippen LogP contribution in [0.1, 0.15) is 53.0 Å². The lowest BCUT2D eigenvalue weighted by molar-refractivity contribution is -0.121. The quantitative estimate of drug-likeness (QED) is 0.161. The lowest BCUT2D eigenvalue weighted by Gasteiger charge is -2.32. The second-order valence-electron chi connectivity index (χ2n) is 11.8. The summed E-state index contributed by atoms with van der Waals surface area (Å²) in [4.78, 5) is 33.8. The lowest BCUT2D eigenvalue weighted by atomic mass is 9.97. The van der Waals surface area contributed by atoms with Crippen LogP contribution in [0, 0.1) is 12.8 Å². The zero-order chi connectivity index (χ0) is 31.8. The van der Waals surface area contributed by atoms with E-state index >= 15 is 0 Å². The van der Waals surface area contributed by atoms with Gasteiger partial charge in [-0.05, 0) is 59.0 Å². The third-order valence-electron chi connectivity index (χ3n) is 8.57. The molecule has 0 aliphatic heterocycles. The van der Waals surface area contributed by atoms with Crippen LogP contribution in [0.15, 0.2) is 104 Å². The van der Waals surface area contributed by atoms with Crippen LogP contribution in [0.5, 0.6) is 5.75 Å². The van der Waals surface area contributed by atoms with E-state index in [9.17, 15) is 9.59 Å². The molecule has 0 fully saturated rings. The maximum absolute atomic E-state index is 14.0. The number of nitrogens with one attached hydrogen (secondary N) is 1. The number of imidazole rings is 1. The highest BCUT2D eigenvalue weighted by Gasteiger charge is 2.26. The maximum Gasteiger partial charge on any atom is 0.254 e. The van der Waals surface area contributed by atoms with Crippen LogP contribution < -0.4 is 10.1 Å². The molecule has 45 heavy (non-hydrogen) atoms. The second-order valence-corrected chi connectivity index (χ2v) is 11.8. The number of aryl methyl sites for hydroxylation is 1. The Hall–Kier alpha value is -4.91. The number of nitrogens with zero attached hydrogens (tertiary/aromatic N) is 3. The van der Waals surface area contributed by atoms with Crippen molar-refractivity contribution >= 4 is 22.6 Å². The Labute approximate surface area is 265 Å². The number of ether oxygens (including phenoxy) is 1. The second kappa shape index (κ2) is 14.7. The Kier molecular flexibility index (Phi) is 10.3. The number of carbonyl (C=O) groups is 2. The van der Waals surface area contributed by atoms with Crippen molar-refractivity contribution in [2.45, 2.75) is 52.7 Å². The molecule has 2 atom stereocenters. The average Bonchev–Trinajstić information content (AvgIpc) is 3.49. The predicted octanol–water partition coefficient (Wildman–Crippen LogP) is 6.82. The van der Waals surface area contributed by atoms with E-state index in [-0.39, 0.29) is 30.2 Å². The van der Waals surface area contributed by atoms with Crippen molar-refractivity contribution in [2.24, 2.45) is 5.92 Å². The molecule has 1 N–H and O–H groups in total. The van der Waals surface area contributed by atoms with Crippen molar-refractivity contribution in [1.82, 2.24) is 19.8 Å². The third kappa shape index (κ3) is 7.98. The molecule has 1 aromatic heterocycles. The number of hydrogen-bond donors (Lipinski definition) is 1. The number of amides is 2. The summed E-state index contributed by atoms with van der Waals surface area (Å²) in [5.41, 5.74) is 4.73. The lowest BCUT2D eigenvalue weighted by Crippen LogP contribution is -2.49. The van der Waals surface area contributed by atoms with Gasteiger partial charge in [0.1, 0.15) is 5.75 Å². The highest BCUT2D eigenvalue weighted by molar-refractivity contribution is 5.95. The van der Waals surface area contributed by atoms with Gasteiger partial charge in [0.15, 0.2) is 0 Å². The molecule has 5 aromatic rings. The fourth-order valence-electron chi connectivity index (χ4n) is 5.61. The van der Waals surface area contributed by atoms with Crippen molar-refractivity contribution in [3.8, 4) is 5.75 Å². The standard InChI is InChI=1S/C38H42N4O3/c1-5-28(3)36(40-37(43)21-33-22-39-26-42(33)23-29-15-19-34(45-4)20-16-29)25-41(38(44)31-17-13-27(2)14-18-31)24-32-11-8-10-30-9-6-7-12-35(30)32/h6-20,22,26,28,36H,5,21,23-25H2,1-4H3,(H,40,43)/t28-,36+/m0/s1. The molecule has 7 heteroatoms. The Morgan fingerprint density at radius 2 is 1.69 bits per heavy atom. The molecule has 0 unspecified atom stereocenters. The van der Waals surface area contributed by atoms with E-state index in [2.05, 4.69) is 48.4 Å². The van der Waals surface area contributed by atoms with Crippen LogP contribution in [0.2, 0.25) is 0 Å². The first-order chi connectivity index (χ1) is 21.8. The number of rotatable bonds is 13. The summed E-state index contributed by atoms with van der Waals surface area (Å²) < 4.78 is 7.27. The molecule has 232 valence electrons. The summed E-state index contributed by atoms with van der Waals surface area (Å²) in [6, 6.07) is 29.8. The molecule has 0 bridgehead atoms. The number of fused-ring (bicyclic) bond motifs is 1. The molecular weight excluding hydrogens is 560 g/mol. The van der Waals surface area contributed by atoms with E-state index in [0.717, 1.165) is 45.3 Å². The van der Waals surface area contributed by atoms with E-state index in [1.165, 1.54) is 0 Å². The van der Waals surface area contributed by atoms with E-state index in [1.54, 1.807) is 19.6 Å². The zero-order valence-corrected chi connectivity index (χ0v) is 26.6. The first kappa shape index (κ1) is 31.5. The van der Waals surface area contributed by atoms with Crippen molar-refractivity contribution < 1.29 is 14.3 Å². The Morgan fingerprint density at radius 3 is 2.42 bits per heavy atom. The number of carbonyl (C=O) groups excluding carboxylic acids is 2. The maximum atomic E-state index is 14.0. The van der Waals surface area contributed by atoms with Crippen molar-refractivity contribution in [3.05, 3.63) is 131 Å². The molecular formula is C38H42N4O3. The normalized spacial score (nSPS) is 12.4. The van der Waals surface area contributed by atoms with Gasteiger partial charge < -0.3 is 19.5 Å². The minimum atomic E-state index is -0.232. The van der Waals surface area contributed by atoms with Crippen molar-refractivity contribution in [2.75, 3.05) is 13.7 Å². The van der Waals surface area contributed by atoms with E-state index < -0.39 is 0 Å². The van der Waals surface area contributed by atoms with Gasteiger partial charge in [-0.25, -0.2) is 4.98 Å². The SMILES string of the molecule is CC[C@H](C)[C@@H](CN(Cc1cccc2ccccc12)C(=O)c1ccc(C)cc1)NC(=O)Cc1cncn1Cc1ccc(OC)cc1. The third-order valence-corrected chi connectivity index (χ3v) is 8.57. The Morgan fingerprint density at radius 1 is 0.956 bits per heavy atom. The molecule has 0 radical (unpaired) electrons. The number of aromatic nitrogens is 2. The van der Waals surface area contributed by atoms with Gasteiger partial charge in [0.25, 0.3) is 5.91 Å². The highest BCUT2D eigenvalue weighted by Crippen LogP contribution is 2.23. The minimum absolute atomic E-state index is 0.0527. The molecule has 0 saturated carbocycles. The molecule has 0 aliphatic carbocycles. The van der Waals surface area contributed by atoms with E-state index in [0.29, 0.717) is 25.2 Å². The summed E-state index contributed by atoms with van der Waals surface area (Å²) in [5.74, 6) is 0.808. The molecule has 4 aromatic carbocycles. The van der Waals surface area contributed by atoms with Gasteiger partial charge in [-0.1, -0.05) is 92.6 Å². The fraction of sp³-hybridized carbons (Fsp3) is 0.289. The van der Waals surface area contributed by atoms with E-state index in [4.69, 9.17) is 4.74 Å². The first-order valence-electron chi connectivity index (χ1n) is 15.6. The smallest absolute Gasteiger partial charge is 0.254 e. The van der Waals surface area contributed by atoms with Gasteiger partial charge in [0, 0.05) is 43.1 Å². The predicted molar refractivity (Wildman–Crippen MR) is 179 cm³/mol. The van der Waals surface area contributed by atoms with Gasteiger partial charge in [-0.3, -0.25) is 9.59 Å². The number of benzene rings is 4. The molecule has 5 rings (SSSR count). The molecule has 0 aliphatic rings. The van der Waals surface area contributed by atoms with E-state index in [1.807, 2.05) is 83.1 Å². The van der Waals surface area contributed by atoms with Crippen LogP contribution in [-0.4, -0.2) is 46.0 Å². The Bertz CT molecular complexity index is 1720. The monoisotopic (exact) mass is 602 g/mol. The summed E-state index contributed by atoms with van der Waals surface area (Å²) in [6.45, 7) is 7.69. The average molecular weight is 603 g/mol. The van der Waals surface area contributed by atoms with Gasteiger partial charge in [0.05, 0.1) is 19.9 Å². The van der Waals surface area contributed by atoms with Crippen molar-refractivity contribution in [1.29, 1.82) is 0 Å². The van der Waals surface area contributed by atoms with Crippen LogP contribution >= 0.6 is 0 Å². The molecule has 7 nitrogen and oxygen atoms in total. The zero-order valence-electron chi connectivity index (χ0n) is 26.6. The molecule has 1 heterocycles. The fourth-order valence-corrected chi connectivity index (χ4v) is 5.61.